The molecule has 210 valence electrons. The van der Waals surface area contributed by atoms with Crippen LogP contribution in [0.3, 0.4) is 0 Å². The molecule has 0 radical (unpaired) electrons. The van der Waals surface area contributed by atoms with Gasteiger partial charge in [0.25, 0.3) is 0 Å². The number of aryl methyl sites for hydroxylation is 3. The van der Waals surface area contributed by atoms with Gasteiger partial charge >= 0.3 is 0 Å². The maximum Gasteiger partial charge on any atom is 0.156 e. The third-order valence-electron chi connectivity index (χ3n) is 7.12. The van der Waals surface area contributed by atoms with Crippen molar-refractivity contribution >= 4 is 23.2 Å². The van der Waals surface area contributed by atoms with Crippen LogP contribution >= 0.6 is 23.2 Å². The lowest BCUT2D eigenvalue weighted by Crippen LogP contribution is -2.16. The van der Waals surface area contributed by atoms with Crippen molar-refractivity contribution in [2.75, 3.05) is 26.9 Å². The molecule has 4 nitrogen and oxygen atoms in total. The first-order valence-electron chi connectivity index (χ1n) is 13.6. The molecule has 0 heterocycles. The standard InChI is InChI=1S/C34H37Cl2NO3/c1-5-24-8-13-33(38-4)30(20-24)26-9-12-29(23(3)18-26)27(21-37)19-25-6-10-28(11-7-25)39-14-15-40-34-31(35)16-22(2)17-32(34)36/h6-13,16-18,20,27H,5,14-15,19,21,37H2,1-4H3. The molecule has 0 aliphatic carbocycles. The Labute approximate surface area is 248 Å². The van der Waals surface area contributed by atoms with E-state index in [0.29, 0.717) is 35.6 Å². The summed E-state index contributed by atoms with van der Waals surface area (Å²) in [6.45, 7) is 7.54. The molecule has 4 rings (SSSR count). The van der Waals surface area contributed by atoms with Crippen LogP contribution in [0.25, 0.3) is 11.1 Å². The van der Waals surface area contributed by atoms with Gasteiger partial charge in [-0.15, -0.1) is 0 Å². The van der Waals surface area contributed by atoms with Gasteiger partial charge in [0.2, 0.25) is 0 Å². The maximum atomic E-state index is 6.27. The van der Waals surface area contributed by atoms with Crippen LogP contribution in [0.15, 0.2) is 72.8 Å². The van der Waals surface area contributed by atoms with Crippen molar-refractivity contribution in [1.29, 1.82) is 0 Å². The minimum absolute atomic E-state index is 0.210. The number of rotatable bonds is 12. The molecule has 4 aromatic carbocycles. The summed E-state index contributed by atoms with van der Waals surface area (Å²) >= 11 is 12.5. The zero-order valence-electron chi connectivity index (χ0n) is 23.6. The van der Waals surface area contributed by atoms with Gasteiger partial charge < -0.3 is 19.9 Å². The van der Waals surface area contributed by atoms with E-state index >= 15 is 0 Å². The molecule has 0 aliphatic heterocycles. The van der Waals surface area contributed by atoms with Gasteiger partial charge in [-0.25, -0.2) is 0 Å². The Morgan fingerprint density at radius 1 is 0.800 bits per heavy atom. The second kappa shape index (κ2) is 13.9. The summed E-state index contributed by atoms with van der Waals surface area (Å²) in [5.41, 5.74) is 14.5. The highest BCUT2D eigenvalue weighted by Crippen LogP contribution is 2.35. The molecule has 0 saturated carbocycles. The molecule has 4 aromatic rings. The topological polar surface area (TPSA) is 53.7 Å². The number of halogens is 2. The first-order valence-corrected chi connectivity index (χ1v) is 14.4. The van der Waals surface area contributed by atoms with E-state index in [1.165, 1.54) is 22.3 Å². The Balaban J connectivity index is 1.37. The summed E-state index contributed by atoms with van der Waals surface area (Å²) in [6.07, 6.45) is 1.83. The number of methoxy groups -OCH3 is 1. The van der Waals surface area contributed by atoms with Crippen molar-refractivity contribution in [3.8, 4) is 28.4 Å². The SMILES string of the molecule is CCc1ccc(OC)c(-c2ccc(C(CN)Cc3ccc(OCCOc4c(Cl)cc(C)cc4Cl)cc3)c(C)c2)c1. The number of ether oxygens (including phenoxy) is 3. The van der Waals surface area contributed by atoms with Crippen LogP contribution in [0.5, 0.6) is 17.2 Å². The van der Waals surface area contributed by atoms with Gasteiger partial charge in [-0.1, -0.05) is 66.5 Å². The fourth-order valence-corrected chi connectivity index (χ4v) is 5.66. The van der Waals surface area contributed by atoms with Gasteiger partial charge in [0, 0.05) is 11.5 Å². The van der Waals surface area contributed by atoms with Crippen molar-refractivity contribution in [3.63, 3.8) is 0 Å². The average molecular weight is 579 g/mol. The lowest BCUT2D eigenvalue weighted by molar-refractivity contribution is 0.217. The minimum atomic E-state index is 0.210. The number of hydrogen-bond acceptors (Lipinski definition) is 4. The fraction of sp³-hybridized carbons (Fsp3) is 0.294. The van der Waals surface area contributed by atoms with Crippen molar-refractivity contribution < 1.29 is 14.2 Å². The molecular weight excluding hydrogens is 541 g/mol. The monoisotopic (exact) mass is 577 g/mol. The lowest BCUT2D eigenvalue weighted by atomic mass is 9.87. The van der Waals surface area contributed by atoms with Crippen LogP contribution in [-0.4, -0.2) is 26.9 Å². The molecule has 0 bridgehead atoms. The van der Waals surface area contributed by atoms with Gasteiger partial charge in [0.05, 0.1) is 17.2 Å². The predicted octanol–water partition coefficient (Wildman–Crippen LogP) is 8.59. The van der Waals surface area contributed by atoms with Crippen molar-refractivity contribution in [1.82, 2.24) is 0 Å². The Morgan fingerprint density at radius 3 is 2.10 bits per heavy atom. The zero-order chi connectivity index (χ0) is 28.6. The normalized spacial score (nSPS) is 11.8. The van der Waals surface area contributed by atoms with E-state index in [1.807, 2.05) is 31.2 Å². The van der Waals surface area contributed by atoms with Crippen LogP contribution in [0.4, 0.5) is 0 Å². The molecule has 0 fully saturated rings. The van der Waals surface area contributed by atoms with E-state index < -0.39 is 0 Å². The Hall–Kier alpha value is -3.18. The van der Waals surface area contributed by atoms with Crippen molar-refractivity contribution in [2.24, 2.45) is 5.73 Å². The third kappa shape index (κ3) is 7.31. The van der Waals surface area contributed by atoms with Crippen LogP contribution in [-0.2, 0) is 12.8 Å². The summed E-state index contributed by atoms with van der Waals surface area (Å²) in [4.78, 5) is 0. The average Bonchev–Trinajstić information content (AvgIpc) is 2.95. The van der Waals surface area contributed by atoms with Gasteiger partial charge in [-0.05, 0) is 103 Å². The summed E-state index contributed by atoms with van der Waals surface area (Å²) in [6, 6.07) is 24.8. The second-order valence-corrected chi connectivity index (χ2v) is 10.8. The van der Waals surface area contributed by atoms with Crippen molar-refractivity contribution in [2.45, 2.75) is 39.5 Å². The molecule has 1 unspecified atom stereocenters. The lowest BCUT2D eigenvalue weighted by Gasteiger charge is -2.20. The number of benzene rings is 4. The second-order valence-electron chi connectivity index (χ2n) is 9.99. The molecule has 0 aromatic heterocycles. The van der Waals surface area contributed by atoms with Gasteiger partial charge in [0.1, 0.15) is 24.7 Å². The Bertz CT molecular complexity index is 1410. The van der Waals surface area contributed by atoms with Crippen LogP contribution in [0, 0.1) is 13.8 Å². The van der Waals surface area contributed by atoms with Gasteiger partial charge in [-0.3, -0.25) is 0 Å². The summed E-state index contributed by atoms with van der Waals surface area (Å²) < 4.78 is 17.3. The van der Waals surface area contributed by atoms with E-state index in [2.05, 4.69) is 62.4 Å². The predicted molar refractivity (Wildman–Crippen MR) is 167 cm³/mol. The highest BCUT2D eigenvalue weighted by Gasteiger charge is 2.16. The van der Waals surface area contributed by atoms with Gasteiger partial charge in [-0.2, -0.15) is 0 Å². The smallest absolute Gasteiger partial charge is 0.156 e. The quantitative estimate of drug-likeness (QED) is 0.171. The van der Waals surface area contributed by atoms with E-state index in [0.717, 1.165) is 41.0 Å². The van der Waals surface area contributed by atoms with Crippen LogP contribution < -0.4 is 19.9 Å². The van der Waals surface area contributed by atoms with Crippen LogP contribution in [0.2, 0.25) is 10.0 Å². The number of hydrogen-bond donors (Lipinski definition) is 1. The summed E-state index contributed by atoms with van der Waals surface area (Å²) in [5.74, 6) is 2.36. The molecule has 40 heavy (non-hydrogen) atoms. The van der Waals surface area contributed by atoms with Crippen LogP contribution in [0.1, 0.15) is 40.7 Å². The van der Waals surface area contributed by atoms with Gasteiger partial charge in [0.15, 0.2) is 5.75 Å². The molecule has 0 amide bonds. The number of nitrogens with two attached hydrogens (primary N) is 1. The maximum absolute atomic E-state index is 6.27. The Kier molecular flexibility index (Phi) is 10.4. The molecule has 0 aliphatic rings. The van der Waals surface area contributed by atoms with E-state index in [4.69, 9.17) is 43.1 Å². The summed E-state index contributed by atoms with van der Waals surface area (Å²) in [5, 5.41) is 0.998. The highest BCUT2D eigenvalue weighted by molar-refractivity contribution is 6.37. The van der Waals surface area contributed by atoms with Crippen molar-refractivity contribution in [3.05, 3.63) is 111 Å². The minimum Gasteiger partial charge on any atom is -0.496 e. The molecular formula is C34H37Cl2NO3. The first-order chi connectivity index (χ1) is 19.3. The molecule has 2 N–H and O–H groups in total. The Morgan fingerprint density at radius 2 is 1.48 bits per heavy atom. The highest BCUT2D eigenvalue weighted by atomic mass is 35.5. The molecule has 6 heteroatoms. The third-order valence-corrected chi connectivity index (χ3v) is 7.69. The zero-order valence-corrected chi connectivity index (χ0v) is 25.1. The van der Waals surface area contributed by atoms with E-state index in [9.17, 15) is 0 Å². The van der Waals surface area contributed by atoms with E-state index in [-0.39, 0.29) is 5.92 Å². The largest absolute Gasteiger partial charge is 0.496 e. The molecule has 0 spiro atoms. The molecule has 0 saturated heterocycles. The van der Waals surface area contributed by atoms with E-state index in [1.54, 1.807) is 7.11 Å². The first kappa shape index (κ1) is 29.8. The molecule has 1 atom stereocenters. The fourth-order valence-electron chi connectivity index (χ4n) is 4.96. The summed E-state index contributed by atoms with van der Waals surface area (Å²) in [7, 11) is 1.72.